The van der Waals surface area contributed by atoms with Crippen LogP contribution in [-0.2, 0) is 9.53 Å². The van der Waals surface area contributed by atoms with E-state index in [0.717, 1.165) is 54.1 Å². The zero-order valence-electron chi connectivity index (χ0n) is 22.8. The van der Waals surface area contributed by atoms with Crippen LogP contribution in [0.3, 0.4) is 0 Å². The van der Waals surface area contributed by atoms with Gasteiger partial charge in [-0.3, -0.25) is 4.79 Å². The molecule has 0 saturated carbocycles. The molecule has 0 amide bonds. The van der Waals surface area contributed by atoms with Crippen LogP contribution in [0, 0.1) is 0 Å². The van der Waals surface area contributed by atoms with Gasteiger partial charge in [-0.2, -0.15) is 4.79 Å². The lowest BCUT2D eigenvalue weighted by atomic mass is 10.1. The molecule has 7 nitrogen and oxygen atoms in total. The number of para-hydroxylation sites is 1. The van der Waals surface area contributed by atoms with Gasteiger partial charge >= 0.3 is 12.1 Å². The first-order valence-corrected chi connectivity index (χ1v) is 13.3. The number of aromatic nitrogens is 1. The molecule has 1 aromatic heterocycles. The summed E-state index contributed by atoms with van der Waals surface area (Å²) in [6.45, 7) is 4.49. The second-order valence-electron chi connectivity index (χ2n) is 9.00. The van der Waals surface area contributed by atoms with E-state index in [9.17, 15) is 9.59 Å². The molecule has 0 aliphatic carbocycles. The average molecular weight is 521 g/mol. The zero-order chi connectivity index (χ0) is 27.3. The summed E-state index contributed by atoms with van der Waals surface area (Å²) >= 11 is 0. The van der Waals surface area contributed by atoms with Crippen molar-refractivity contribution in [1.29, 1.82) is 0 Å². The minimum Gasteiger partial charge on any atom is -0.493 e. The highest BCUT2D eigenvalue weighted by Gasteiger charge is 2.21. The number of pyridine rings is 1. The van der Waals surface area contributed by atoms with Crippen LogP contribution in [-0.4, -0.2) is 32.9 Å². The van der Waals surface area contributed by atoms with Gasteiger partial charge in [-0.25, -0.2) is 0 Å². The second-order valence-corrected chi connectivity index (χ2v) is 9.00. The van der Waals surface area contributed by atoms with Crippen LogP contribution < -0.4 is 18.8 Å². The number of nitrogens with zero attached hydrogens (tertiary/aromatic N) is 1. The standard InChI is InChI=1S/C31H38NO6/c1-5-7-8-9-10-15-29(33)38-30-27(35-3)21-23(22-28(30)36-4)16-17-24-18-19-32(31(34)37-20-6-2)26-14-12-11-13-25(24)26/h11-14,16-19,21-22H,5-10,15,20H2,1-4H3/q+1. The summed E-state index contributed by atoms with van der Waals surface area (Å²) in [4.78, 5) is 25.0. The molecular formula is C31H38NO6+. The Balaban J connectivity index is 1.83. The van der Waals surface area contributed by atoms with E-state index in [4.69, 9.17) is 18.9 Å². The largest absolute Gasteiger partial charge is 0.602 e. The van der Waals surface area contributed by atoms with Crippen molar-refractivity contribution in [1.82, 2.24) is 0 Å². The monoisotopic (exact) mass is 520 g/mol. The summed E-state index contributed by atoms with van der Waals surface area (Å²) in [5, 5.41) is 0.906. The molecule has 7 heteroatoms. The molecular weight excluding hydrogens is 482 g/mol. The molecule has 0 bridgehead atoms. The molecule has 2 aromatic carbocycles. The van der Waals surface area contributed by atoms with Gasteiger partial charge in [-0.15, -0.1) is 0 Å². The van der Waals surface area contributed by atoms with Gasteiger partial charge in [0.2, 0.25) is 11.3 Å². The lowest BCUT2D eigenvalue weighted by Gasteiger charge is -2.14. The fraction of sp³-hybridized carbons (Fsp3) is 0.387. The second kappa shape index (κ2) is 14.8. The van der Waals surface area contributed by atoms with Crippen molar-refractivity contribution in [2.75, 3.05) is 20.8 Å². The molecule has 38 heavy (non-hydrogen) atoms. The number of ether oxygens (including phenoxy) is 4. The Morgan fingerprint density at radius 3 is 2.26 bits per heavy atom. The average Bonchev–Trinajstić information content (AvgIpc) is 2.94. The van der Waals surface area contributed by atoms with E-state index in [-0.39, 0.29) is 11.7 Å². The van der Waals surface area contributed by atoms with Crippen molar-refractivity contribution < 1.29 is 33.1 Å². The Kier molecular flexibility index (Phi) is 11.1. The van der Waals surface area contributed by atoms with E-state index in [1.807, 2.05) is 49.4 Å². The van der Waals surface area contributed by atoms with Crippen LogP contribution in [0.25, 0.3) is 23.1 Å². The first kappa shape index (κ1) is 28.7. The number of rotatable bonds is 13. The molecule has 202 valence electrons. The SMILES string of the molecule is CCCCCCCC(=O)Oc1c(OC)cc(C=Cc2cc[n+](C(=O)OCCC)c3ccccc23)cc1OC. The summed E-state index contributed by atoms with van der Waals surface area (Å²) in [5.41, 5.74) is 2.49. The van der Waals surface area contributed by atoms with Gasteiger partial charge in [0.25, 0.3) is 0 Å². The Bertz CT molecular complexity index is 1240. The van der Waals surface area contributed by atoms with Crippen molar-refractivity contribution in [3.05, 3.63) is 59.8 Å². The first-order chi connectivity index (χ1) is 18.5. The lowest BCUT2D eigenvalue weighted by molar-refractivity contribution is -0.558. The van der Waals surface area contributed by atoms with Gasteiger partial charge < -0.3 is 18.9 Å². The fourth-order valence-corrected chi connectivity index (χ4v) is 4.14. The van der Waals surface area contributed by atoms with Crippen LogP contribution in [0.4, 0.5) is 4.79 Å². The predicted molar refractivity (Wildman–Crippen MR) is 149 cm³/mol. The van der Waals surface area contributed by atoms with Gasteiger partial charge in [-0.1, -0.05) is 68.4 Å². The third kappa shape index (κ3) is 7.57. The number of benzene rings is 2. The number of fused-ring (bicyclic) bond motifs is 1. The quantitative estimate of drug-likeness (QED) is 0.105. The summed E-state index contributed by atoms with van der Waals surface area (Å²) in [7, 11) is 3.07. The number of esters is 1. The van der Waals surface area contributed by atoms with E-state index in [2.05, 4.69) is 6.92 Å². The summed E-state index contributed by atoms with van der Waals surface area (Å²) in [5.74, 6) is 0.806. The van der Waals surface area contributed by atoms with Gasteiger partial charge in [0, 0.05) is 18.6 Å². The molecule has 0 saturated heterocycles. The maximum absolute atomic E-state index is 12.5. The van der Waals surface area contributed by atoms with Crippen molar-refractivity contribution in [2.24, 2.45) is 0 Å². The predicted octanol–water partition coefficient (Wildman–Crippen LogP) is 6.98. The maximum atomic E-state index is 12.5. The molecule has 0 N–H and O–H groups in total. The highest BCUT2D eigenvalue weighted by Crippen LogP contribution is 2.39. The van der Waals surface area contributed by atoms with Crippen LogP contribution in [0.2, 0.25) is 0 Å². The Labute approximate surface area is 225 Å². The van der Waals surface area contributed by atoms with Crippen LogP contribution in [0.1, 0.15) is 69.9 Å². The Morgan fingerprint density at radius 2 is 1.58 bits per heavy atom. The van der Waals surface area contributed by atoms with Crippen molar-refractivity contribution in [2.45, 2.75) is 58.8 Å². The highest BCUT2D eigenvalue weighted by molar-refractivity contribution is 5.90. The summed E-state index contributed by atoms with van der Waals surface area (Å²) in [6.07, 6.45) is 11.6. The number of unbranched alkanes of at least 4 members (excludes halogenated alkanes) is 4. The molecule has 3 aromatic rings. The number of hydrogen-bond donors (Lipinski definition) is 0. The van der Waals surface area contributed by atoms with Crippen molar-refractivity contribution in [3.8, 4) is 17.2 Å². The van der Waals surface area contributed by atoms with Gasteiger partial charge in [0.05, 0.1) is 26.2 Å². The number of carbonyl (C=O) groups is 2. The van der Waals surface area contributed by atoms with Crippen molar-refractivity contribution >= 4 is 35.1 Å². The number of hydrogen-bond acceptors (Lipinski definition) is 6. The zero-order valence-corrected chi connectivity index (χ0v) is 22.8. The van der Waals surface area contributed by atoms with E-state index < -0.39 is 6.09 Å². The lowest BCUT2D eigenvalue weighted by Crippen LogP contribution is -2.43. The maximum Gasteiger partial charge on any atom is 0.602 e. The van der Waals surface area contributed by atoms with Gasteiger partial charge in [0.15, 0.2) is 17.7 Å². The number of carbonyl (C=O) groups excluding carboxylic acids is 2. The molecule has 1 heterocycles. The molecule has 3 rings (SSSR count). The molecule has 0 spiro atoms. The smallest absolute Gasteiger partial charge is 0.493 e. The highest BCUT2D eigenvalue weighted by atomic mass is 16.6. The van der Waals surface area contributed by atoms with E-state index in [1.165, 1.54) is 25.2 Å². The molecule has 0 aliphatic rings. The molecule has 0 fully saturated rings. The summed E-state index contributed by atoms with van der Waals surface area (Å²) < 4.78 is 23.6. The molecule has 0 unspecified atom stereocenters. The van der Waals surface area contributed by atoms with Crippen LogP contribution in [0.5, 0.6) is 17.2 Å². The Hall–Kier alpha value is -3.87. The summed E-state index contributed by atoms with van der Waals surface area (Å²) in [6, 6.07) is 13.1. The topological polar surface area (TPSA) is 74.9 Å². The first-order valence-electron chi connectivity index (χ1n) is 13.3. The van der Waals surface area contributed by atoms with E-state index in [1.54, 1.807) is 18.3 Å². The molecule has 0 aliphatic heterocycles. The normalized spacial score (nSPS) is 11.1. The van der Waals surface area contributed by atoms with E-state index >= 15 is 0 Å². The minimum absolute atomic E-state index is 0.280. The third-order valence-corrected chi connectivity index (χ3v) is 6.14. The minimum atomic E-state index is -0.404. The van der Waals surface area contributed by atoms with Crippen LogP contribution >= 0.6 is 0 Å². The van der Waals surface area contributed by atoms with Crippen LogP contribution in [0.15, 0.2) is 48.7 Å². The Morgan fingerprint density at radius 1 is 0.868 bits per heavy atom. The van der Waals surface area contributed by atoms with E-state index in [0.29, 0.717) is 24.5 Å². The van der Waals surface area contributed by atoms with Gasteiger partial charge in [0.1, 0.15) is 0 Å². The van der Waals surface area contributed by atoms with Gasteiger partial charge in [-0.05, 0) is 42.2 Å². The molecule has 0 radical (unpaired) electrons. The molecule has 0 atom stereocenters. The van der Waals surface area contributed by atoms with Crippen molar-refractivity contribution in [3.63, 3.8) is 0 Å². The number of methoxy groups -OCH3 is 2. The third-order valence-electron chi connectivity index (χ3n) is 6.14. The fourth-order valence-electron chi connectivity index (χ4n) is 4.14.